The van der Waals surface area contributed by atoms with Crippen LogP contribution in [0.5, 0.6) is 0 Å². The molecule has 1 aromatic rings. The average molecular weight is 296 g/mol. The van der Waals surface area contributed by atoms with Gasteiger partial charge in [-0.1, -0.05) is 6.92 Å². The fourth-order valence-corrected chi connectivity index (χ4v) is 3.09. The SMILES string of the molecule is CC(CNC(=O)C(C)(C)N1CCNCC1)c1nccs1. The maximum atomic E-state index is 12.4. The number of nitrogens with one attached hydrogen (secondary N) is 2. The molecule has 2 N–H and O–H groups in total. The Morgan fingerprint density at radius 3 is 2.85 bits per heavy atom. The van der Waals surface area contributed by atoms with Crippen molar-refractivity contribution >= 4 is 17.2 Å². The molecule has 1 fully saturated rings. The average Bonchev–Trinajstić information content (AvgIpc) is 2.99. The summed E-state index contributed by atoms with van der Waals surface area (Å²) in [7, 11) is 0. The maximum absolute atomic E-state index is 12.4. The lowest BCUT2D eigenvalue weighted by atomic mass is 10.00. The second-order valence-electron chi connectivity index (χ2n) is 5.78. The summed E-state index contributed by atoms with van der Waals surface area (Å²) in [6.45, 7) is 10.5. The zero-order valence-electron chi connectivity index (χ0n) is 12.5. The highest BCUT2D eigenvalue weighted by atomic mass is 32.1. The molecule has 112 valence electrons. The first-order valence-electron chi connectivity index (χ1n) is 7.15. The van der Waals surface area contributed by atoms with Crippen LogP contribution in [0.15, 0.2) is 11.6 Å². The lowest BCUT2D eigenvalue weighted by molar-refractivity contribution is -0.132. The van der Waals surface area contributed by atoms with Gasteiger partial charge >= 0.3 is 0 Å². The first kappa shape index (κ1) is 15.4. The summed E-state index contributed by atoms with van der Waals surface area (Å²) in [5.41, 5.74) is -0.454. The minimum absolute atomic E-state index is 0.0998. The molecule has 20 heavy (non-hydrogen) atoms. The van der Waals surface area contributed by atoms with E-state index in [-0.39, 0.29) is 11.8 Å². The Labute approximate surface area is 124 Å². The number of hydrogen-bond donors (Lipinski definition) is 2. The van der Waals surface area contributed by atoms with Gasteiger partial charge in [-0.15, -0.1) is 11.3 Å². The van der Waals surface area contributed by atoms with Gasteiger partial charge in [0, 0.05) is 50.2 Å². The molecule has 1 aliphatic heterocycles. The lowest BCUT2D eigenvalue weighted by Gasteiger charge is -2.39. The van der Waals surface area contributed by atoms with E-state index < -0.39 is 5.54 Å². The van der Waals surface area contributed by atoms with E-state index in [2.05, 4.69) is 27.4 Å². The topological polar surface area (TPSA) is 57.3 Å². The minimum atomic E-state index is -0.454. The van der Waals surface area contributed by atoms with Crippen LogP contribution in [0.3, 0.4) is 0 Å². The zero-order chi connectivity index (χ0) is 14.6. The van der Waals surface area contributed by atoms with E-state index in [1.807, 2.05) is 25.4 Å². The van der Waals surface area contributed by atoms with Crippen molar-refractivity contribution in [1.82, 2.24) is 20.5 Å². The van der Waals surface area contributed by atoms with E-state index in [1.54, 1.807) is 11.3 Å². The van der Waals surface area contributed by atoms with Crippen molar-refractivity contribution in [2.45, 2.75) is 32.2 Å². The van der Waals surface area contributed by atoms with Crippen molar-refractivity contribution in [1.29, 1.82) is 0 Å². The van der Waals surface area contributed by atoms with Crippen LogP contribution in [0.4, 0.5) is 0 Å². The van der Waals surface area contributed by atoms with Gasteiger partial charge in [0.05, 0.1) is 10.5 Å². The van der Waals surface area contributed by atoms with Crippen LogP contribution < -0.4 is 10.6 Å². The van der Waals surface area contributed by atoms with Crippen LogP contribution in [0, 0.1) is 0 Å². The van der Waals surface area contributed by atoms with Gasteiger partial charge in [-0.05, 0) is 13.8 Å². The standard InChI is InChI=1S/C14H24N4OS/c1-11(12-16-6-9-20-12)10-17-13(19)14(2,3)18-7-4-15-5-8-18/h6,9,11,15H,4-5,7-8,10H2,1-3H3,(H,17,19). The Hall–Kier alpha value is -0.980. The highest BCUT2D eigenvalue weighted by molar-refractivity contribution is 7.09. The number of piperazine rings is 1. The molecule has 2 heterocycles. The number of aromatic nitrogens is 1. The third-order valence-corrected chi connectivity index (χ3v) is 4.91. The number of amides is 1. The van der Waals surface area contributed by atoms with Crippen molar-refractivity contribution in [2.24, 2.45) is 0 Å². The van der Waals surface area contributed by atoms with E-state index in [4.69, 9.17) is 0 Å². The fraction of sp³-hybridized carbons (Fsp3) is 0.714. The van der Waals surface area contributed by atoms with E-state index >= 15 is 0 Å². The highest BCUT2D eigenvalue weighted by Crippen LogP contribution is 2.18. The first-order valence-corrected chi connectivity index (χ1v) is 8.03. The maximum Gasteiger partial charge on any atom is 0.239 e. The molecule has 1 unspecified atom stereocenters. The molecule has 1 saturated heterocycles. The minimum Gasteiger partial charge on any atom is -0.354 e. The summed E-state index contributed by atoms with van der Waals surface area (Å²) >= 11 is 1.64. The molecule has 0 aliphatic carbocycles. The summed E-state index contributed by atoms with van der Waals surface area (Å²) in [5, 5.41) is 9.43. The molecule has 1 aliphatic rings. The number of carbonyl (C=O) groups excluding carboxylic acids is 1. The Bertz CT molecular complexity index is 426. The molecule has 0 radical (unpaired) electrons. The van der Waals surface area contributed by atoms with Crippen molar-refractivity contribution in [3.05, 3.63) is 16.6 Å². The van der Waals surface area contributed by atoms with Gasteiger partial charge in [-0.2, -0.15) is 0 Å². The van der Waals surface area contributed by atoms with E-state index in [1.165, 1.54) is 0 Å². The summed E-state index contributed by atoms with van der Waals surface area (Å²) < 4.78 is 0. The van der Waals surface area contributed by atoms with Crippen molar-refractivity contribution < 1.29 is 4.79 Å². The molecule has 0 aromatic carbocycles. The predicted octanol–water partition coefficient (Wildman–Crippen LogP) is 1.05. The molecule has 0 spiro atoms. The first-order chi connectivity index (χ1) is 9.51. The molecule has 0 bridgehead atoms. The fourth-order valence-electron chi connectivity index (χ4n) is 2.39. The normalized spacial score (nSPS) is 18.8. The predicted molar refractivity (Wildman–Crippen MR) is 82.1 cm³/mol. The van der Waals surface area contributed by atoms with E-state index in [9.17, 15) is 4.79 Å². The third-order valence-electron chi connectivity index (χ3n) is 3.91. The smallest absolute Gasteiger partial charge is 0.239 e. The second-order valence-corrected chi connectivity index (χ2v) is 6.70. The number of hydrogen-bond acceptors (Lipinski definition) is 5. The van der Waals surface area contributed by atoms with Gasteiger partial charge in [0.1, 0.15) is 0 Å². The number of rotatable bonds is 5. The summed E-state index contributed by atoms with van der Waals surface area (Å²) in [4.78, 5) is 19.0. The second kappa shape index (κ2) is 6.65. The number of thiazole rings is 1. The molecule has 2 rings (SSSR count). The molecular weight excluding hydrogens is 272 g/mol. The van der Waals surface area contributed by atoms with Crippen molar-refractivity contribution in [3.8, 4) is 0 Å². The Kier molecular flexibility index (Phi) is 5.12. The molecule has 0 saturated carbocycles. The lowest BCUT2D eigenvalue weighted by Crippen LogP contribution is -2.60. The largest absolute Gasteiger partial charge is 0.354 e. The monoisotopic (exact) mass is 296 g/mol. The molecule has 1 atom stereocenters. The van der Waals surface area contributed by atoms with Crippen LogP contribution in [0.2, 0.25) is 0 Å². The summed E-state index contributed by atoms with van der Waals surface area (Å²) in [6.07, 6.45) is 1.81. The Morgan fingerprint density at radius 1 is 1.55 bits per heavy atom. The molecule has 1 aromatic heterocycles. The van der Waals surface area contributed by atoms with Crippen LogP contribution in [0.25, 0.3) is 0 Å². The van der Waals surface area contributed by atoms with Crippen LogP contribution >= 0.6 is 11.3 Å². The summed E-state index contributed by atoms with van der Waals surface area (Å²) in [6, 6.07) is 0. The molecular formula is C14H24N4OS. The van der Waals surface area contributed by atoms with Crippen LogP contribution in [-0.4, -0.2) is 54.1 Å². The number of nitrogens with zero attached hydrogens (tertiary/aromatic N) is 2. The van der Waals surface area contributed by atoms with Crippen LogP contribution in [-0.2, 0) is 4.79 Å². The van der Waals surface area contributed by atoms with Gasteiger partial charge in [0.15, 0.2) is 0 Å². The van der Waals surface area contributed by atoms with Crippen molar-refractivity contribution in [3.63, 3.8) is 0 Å². The molecule has 5 nitrogen and oxygen atoms in total. The summed E-state index contributed by atoms with van der Waals surface area (Å²) in [5.74, 6) is 0.362. The Balaban J connectivity index is 1.86. The van der Waals surface area contributed by atoms with Gasteiger partial charge in [-0.3, -0.25) is 9.69 Å². The van der Waals surface area contributed by atoms with Gasteiger partial charge < -0.3 is 10.6 Å². The van der Waals surface area contributed by atoms with E-state index in [0.717, 1.165) is 31.2 Å². The third kappa shape index (κ3) is 3.56. The van der Waals surface area contributed by atoms with Crippen molar-refractivity contribution in [2.75, 3.05) is 32.7 Å². The van der Waals surface area contributed by atoms with Gasteiger partial charge in [-0.25, -0.2) is 4.98 Å². The van der Waals surface area contributed by atoms with Gasteiger partial charge in [0.25, 0.3) is 0 Å². The molecule has 1 amide bonds. The highest BCUT2D eigenvalue weighted by Gasteiger charge is 2.35. The number of carbonyl (C=O) groups is 1. The van der Waals surface area contributed by atoms with E-state index in [0.29, 0.717) is 6.54 Å². The Morgan fingerprint density at radius 2 is 2.25 bits per heavy atom. The zero-order valence-corrected chi connectivity index (χ0v) is 13.3. The van der Waals surface area contributed by atoms with Gasteiger partial charge in [0.2, 0.25) is 5.91 Å². The molecule has 6 heteroatoms. The van der Waals surface area contributed by atoms with Crippen LogP contribution in [0.1, 0.15) is 31.7 Å². The quantitative estimate of drug-likeness (QED) is 0.853.